The Morgan fingerprint density at radius 2 is 2.12 bits per heavy atom. The van der Waals surface area contributed by atoms with Crippen molar-refractivity contribution in [3.8, 4) is 0 Å². The Bertz CT molecular complexity index is 413. The number of esters is 2. The van der Waals surface area contributed by atoms with E-state index < -0.39 is 18.0 Å². The van der Waals surface area contributed by atoms with Crippen molar-refractivity contribution in [3.05, 3.63) is 35.9 Å². The van der Waals surface area contributed by atoms with E-state index in [4.69, 9.17) is 9.47 Å². The van der Waals surface area contributed by atoms with Gasteiger partial charge in [0, 0.05) is 6.42 Å². The predicted molar refractivity (Wildman–Crippen MR) is 60.4 cm³/mol. The zero-order valence-corrected chi connectivity index (χ0v) is 9.59. The van der Waals surface area contributed by atoms with Crippen LogP contribution in [0.2, 0.25) is 0 Å². The molecule has 90 valence electrons. The van der Waals surface area contributed by atoms with Crippen molar-refractivity contribution in [1.29, 1.82) is 0 Å². The smallest absolute Gasteiger partial charge is 0.347 e. The van der Waals surface area contributed by atoms with Crippen LogP contribution in [-0.4, -0.2) is 24.1 Å². The normalized spacial score (nSPS) is 23.2. The van der Waals surface area contributed by atoms with Gasteiger partial charge in [0.1, 0.15) is 6.10 Å². The van der Waals surface area contributed by atoms with Gasteiger partial charge in [-0.05, 0) is 18.6 Å². The first-order valence-corrected chi connectivity index (χ1v) is 5.67. The van der Waals surface area contributed by atoms with E-state index in [0.29, 0.717) is 12.0 Å². The Labute approximate surface area is 99.5 Å². The van der Waals surface area contributed by atoms with E-state index in [1.165, 1.54) is 0 Å². The van der Waals surface area contributed by atoms with Crippen molar-refractivity contribution in [2.45, 2.75) is 32.0 Å². The lowest BCUT2D eigenvalue weighted by atomic mass is 10.1. The molecule has 4 nitrogen and oxygen atoms in total. The first-order chi connectivity index (χ1) is 8.20. The molecule has 2 rings (SSSR count). The number of hydrogen-bond donors (Lipinski definition) is 0. The Hall–Kier alpha value is -1.84. The summed E-state index contributed by atoms with van der Waals surface area (Å²) in [5.74, 6) is -0.926. The highest BCUT2D eigenvalue weighted by molar-refractivity contribution is 5.91. The molecule has 0 amide bonds. The number of benzene rings is 1. The number of hydrogen-bond acceptors (Lipinski definition) is 4. The molecule has 1 fully saturated rings. The highest BCUT2D eigenvalue weighted by atomic mass is 16.6. The zero-order valence-electron chi connectivity index (χ0n) is 9.59. The lowest BCUT2D eigenvalue weighted by Crippen LogP contribution is -2.22. The summed E-state index contributed by atoms with van der Waals surface area (Å²) in [5, 5.41) is 0. The fraction of sp³-hybridized carbons (Fsp3) is 0.385. The Morgan fingerprint density at radius 3 is 2.71 bits per heavy atom. The van der Waals surface area contributed by atoms with Gasteiger partial charge < -0.3 is 9.47 Å². The maximum Gasteiger partial charge on any atom is 0.347 e. The van der Waals surface area contributed by atoms with E-state index in [-0.39, 0.29) is 6.10 Å². The van der Waals surface area contributed by atoms with E-state index in [1.807, 2.05) is 13.0 Å². The van der Waals surface area contributed by atoms with Crippen molar-refractivity contribution in [2.75, 3.05) is 0 Å². The van der Waals surface area contributed by atoms with Crippen LogP contribution in [0.1, 0.15) is 30.1 Å². The van der Waals surface area contributed by atoms with Crippen molar-refractivity contribution < 1.29 is 19.1 Å². The van der Waals surface area contributed by atoms with E-state index in [0.717, 1.165) is 6.42 Å². The molecule has 0 bridgehead atoms. The summed E-state index contributed by atoms with van der Waals surface area (Å²) in [6.45, 7) is 1.93. The molecule has 4 heteroatoms. The molecule has 1 aromatic rings. The second kappa shape index (κ2) is 4.99. The van der Waals surface area contributed by atoms with Crippen LogP contribution in [0.15, 0.2) is 30.3 Å². The highest BCUT2D eigenvalue weighted by Crippen LogP contribution is 2.21. The van der Waals surface area contributed by atoms with Crippen molar-refractivity contribution >= 4 is 11.9 Å². The minimum atomic E-state index is -0.757. The molecule has 0 N–H and O–H groups in total. The number of carbonyl (C=O) groups is 2. The predicted octanol–water partition coefficient (Wildman–Crippen LogP) is 1.94. The van der Waals surface area contributed by atoms with Gasteiger partial charge in [-0.2, -0.15) is 0 Å². The summed E-state index contributed by atoms with van der Waals surface area (Å²) in [7, 11) is 0. The zero-order chi connectivity index (χ0) is 12.3. The molecule has 0 saturated carbocycles. The molecule has 0 unspecified atom stereocenters. The molecule has 0 aliphatic carbocycles. The summed E-state index contributed by atoms with van der Waals surface area (Å²) in [4.78, 5) is 23.1. The molecule has 17 heavy (non-hydrogen) atoms. The monoisotopic (exact) mass is 234 g/mol. The first-order valence-electron chi connectivity index (χ1n) is 5.67. The molecule has 2 atom stereocenters. The number of cyclic esters (lactones) is 1. The van der Waals surface area contributed by atoms with Gasteiger partial charge in [0.25, 0.3) is 0 Å². The minimum absolute atomic E-state index is 0.129. The van der Waals surface area contributed by atoms with E-state index in [9.17, 15) is 9.59 Å². The summed E-state index contributed by atoms with van der Waals surface area (Å²) >= 11 is 0. The standard InChI is InChI=1S/C13H14O4/c1-2-10-8-11(13(15)16-10)17-12(14)9-6-4-3-5-7-9/h3-7,10-11H,2,8H2,1H3/t10-,11+/m0/s1. The van der Waals surface area contributed by atoms with Gasteiger partial charge in [0.05, 0.1) is 5.56 Å². The molecule has 1 heterocycles. The minimum Gasteiger partial charge on any atom is -0.459 e. The third-order valence-corrected chi connectivity index (χ3v) is 2.74. The van der Waals surface area contributed by atoms with Crippen LogP contribution in [-0.2, 0) is 14.3 Å². The van der Waals surface area contributed by atoms with Gasteiger partial charge in [0.2, 0.25) is 6.10 Å². The lowest BCUT2D eigenvalue weighted by Gasteiger charge is -2.07. The maximum absolute atomic E-state index is 11.7. The van der Waals surface area contributed by atoms with Crippen LogP contribution in [0.3, 0.4) is 0 Å². The van der Waals surface area contributed by atoms with Crippen molar-refractivity contribution in [2.24, 2.45) is 0 Å². The average molecular weight is 234 g/mol. The van der Waals surface area contributed by atoms with Crippen LogP contribution >= 0.6 is 0 Å². The van der Waals surface area contributed by atoms with Gasteiger partial charge in [-0.3, -0.25) is 0 Å². The van der Waals surface area contributed by atoms with Crippen molar-refractivity contribution in [1.82, 2.24) is 0 Å². The van der Waals surface area contributed by atoms with Gasteiger partial charge in [-0.25, -0.2) is 9.59 Å². The summed E-state index contributed by atoms with van der Waals surface area (Å²) in [6, 6.07) is 8.62. The summed E-state index contributed by atoms with van der Waals surface area (Å²) in [6.07, 6.45) is 0.308. The molecule has 1 aliphatic rings. The SMILES string of the molecule is CC[C@H]1C[C@@H](OC(=O)c2ccccc2)C(=O)O1. The van der Waals surface area contributed by atoms with E-state index in [1.54, 1.807) is 24.3 Å². The molecule has 1 aliphatic heterocycles. The molecular formula is C13H14O4. The second-order valence-corrected chi connectivity index (χ2v) is 3.96. The molecule has 0 spiro atoms. The molecule has 1 aromatic carbocycles. The largest absolute Gasteiger partial charge is 0.459 e. The third-order valence-electron chi connectivity index (χ3n) is 2.74. The van der Waals surface area contributed by atoms with Crippen LogP contribution in [0, 0.1) is 0 Å². The maximum atomic E-state index is 11.7. The van der Waals surface area contributed by atoms with Crippen LogP contribution in [0.25, 0.3) is 0 Å². The molecule has 0 radical (unpaired) electrons. The van der Waals surface area contributed by atoms with Crippen LogP contribution in [0.4, 0.5) is 0 Å². The van der Waals surface area contributed by atoms with Gasteiger partial charge in [-0.15, -0.1) is 0 Å². The third kappa shape index (κ3) is 2.64. The lowest BCUT2D eigenvalue weighted by molar-refractivity contribution is -0.147. The average Bonchev–Trinajstić information content (AvgIpc) is 2.71. The van der Waals surface area contributed by atoms with Gasteiger partial charge >= 0.3 is 11.9 Å². The van der Waals surface area contributed by atoms with E-state index >= 15 is 0 Å². The summed E-state index contributed by atoms with van der Waals surface area (Å²) < 4.78 is 10.2. The Kier molecular flexibility index (Phi) is 3.42. The second-order valence-electron chi connectivity index (χ2n) is 3.96. The highest BCUT2D eigenvalue weighted by Gasteiger charge is 2.36. The van der Waals surface area contributed by atoms with Gasteiger partial charge in [0.15, 0.2) is 0 Å². The Morgan fingerprint density at radius 1 is 1.41 bits per heavy atom. The fourth-order valence-corrected chi connectivity index (χ4v) is 1.74. The fourth-order valence-electron chi connectivity index (χ4n) is 1.74. The van der Waals surface area contributed by atoms with Crippen LogP contribution in [0.5, 0.6) is 0 Å². The topological polar surface area (TPSA) is 52.6 Å². The summed E-state index contributed by atoms with van der Waals surface area (Å²) in [5.41, 5.74) is 0.445. The molecule has 1 saturated heterocycles. The number of rotatable bonds is 3. The molecule has 0 aromatic heterocycles. The number of carbonyl (C=O) groups excluding carboxylic acids is 2. The van der Waals surface area contributed by atoms with Crippen molar-refractivity contribution in [3.63, 3.8) is 0 Å². The first kappa shape index (κ1) is 11.6. The van der Waals surface area contributed by atoms with Gasteiger partial charge in [-0.1, -0.05) is 25.1 Å². The number of ether oxygens (including phenoxy) is 2. The Balaban J connectivity index is 1.98. The quantitative estimate of drug-likeness (QED) is 0.750. The van der Waals surface area contributed by atoms with E-state index in [2.05, 4.69) is 0 Å². The molecular weight excluding hydrogens is 220 g/mol. The van der Waals surface area contributed by atoms with Crippen LogP contribution < -0.4 is 0 Å².